The fourth-order valence-corrected chi connectivity index (χ4v) is 4.56. The normalized spacial score (nSPS) is 14.1. The van der Waals surface area contributed by atoms with E-state index in [1.165, 1.54) is 6.92 Å². The molecule has 1 saturated heterocycles. The fraction of sp³-hybridized carbons (Fsp3) is 0.333. The molecule has 9 nitrogen and oxygen atoms in total. The lowest BCUT2D eigenvalue weighted by molar-refractivity contribution is -0.141. The molecule has 36 heavy (non-hydrogen) atoms. The van der Waals surface area contributed by atoms with Crippen molar-refractivity contribution in [3.8, 4) is 6.07 Å². The summed E-state index contributed by atoms with van der Waals surface area (Å²) in [5.41, 5.74) is -3.70. The van der Waals surface area contributed by atoms with E-state index in [9.17, 15) is 45.2 Å². The molecular weight excluding hydrogens is 515 g/mol. The molecular formula is C21H17F5N4O5S. The molecule has 1 amide bonds. The van der Waals surface area contributed by atoms with E-state index in [-0.39, 0.29) is 19.7 Å². The van der Waals surface area contributed by atoms with Gasteiger partial charge in [0.1, 0.15) is 29.3 Å². The predicted molar refractivity (Wildman–Crippen MR) is 113 cm³/mol. The second kappa shape index (κ2) is 10.1. The van der Waals surface area contributed by atoms with Crippen molar-refractivity contribution in [1.29, 1.82) is 5.26 Å². The molecule has 1 aliphatic rings. The number of carbonyl (C=O) groups excluding carboxylic acids is 2. The third-order valence-corrected chi connectivity index (χ3v) is 6.27. The van der Waals surface area contributed by atoms with Crippen LogP contribution in [0, 0.1) is 28.9 Å². The van der Waals surface area contributed by atoms with E-state index in [1.807, 2.05) is 0 Å². The molecule has 1 aromatic heterocycles. The van der Waals surface area contributed by atoms with Crippen molar-refractivity contribution in [2.75, 3.05) is 24.6 Å². The summed E-state index contributed by atoms with van der Waals surface area (Å²) in [6, 6.07) is 5.05. The number of pyridine rings is 1. The number of hydrogen-bond donors (Lipinski definition) is 1. The quantitative estimate of drug-likeness (QED) is 0.426. The molecule has 0 aliphatic carbocycles. The maximum atomic E-state index is 13.7. The second-order valence-corrected chi connectivity index (χ2v) is 9.34. The summed E-state index contributed by atoms with van der Waals surface area (Å²) in [4.78, 5) is 28.8. The van der Waals surface area contributed by atoms with Crippen molar-refractivity contribution < 1.29 is 44.7 Å². The van der Waals surface area contributed by atoms with Gasteiger partial charge < -0.3 is 9.64 Å². The summed E-state index contributed by atoms with van der Waals surface area (Å²) in [5, 5.41) is 9.36. The van der Waals surface area contributed by atoms with Crippen LogP contribution in [0.3, 0.4) is 0 Å². The van der Waals surface area contributed by atoms with Crippen LogP contribution in [0.15, 0.2) is 24.3 Å². The molecule has 0 bridgehead atoms. The number of nitriles is 1. The Hall–Kier alpha value is -3.80. The number of nitrogens with zero attached hydrogens (tertiary/aromatic N) is 3. The highest BCUT2D eigenvalue weighted by Crippen LogP contribution is 2.36. The Labute approximate surface area is 201 Å². The van der Waals surface area contributed by atoms with Crippen LogP contribution >= 0.6 is 0 Å². The summed E-state index contributed by atoms with van der Waals surface area (Å²) in [7, 11) is -4.51. The van der Waals surface area contributed by atoms with Gasteiger partial charge >= 0.3 is 12.1 Å². The van der Waals surface area contributed by atoms with E-state index < -0.39 is 79.6 Å². The number of sulfonamides is 1. The molecule has 2 aromatic rings. The molecule has 3 rings (SSSR count). The van der Waals surface area contributed by atoms with Crippen LogP contribution in [0.1, 0.15) is 34.1 Å². The number of anilines is 1. The number of aromatic nitrogens is 1. The van der Waals surface area contributed by atoms with Gasteiger partial charge in [-0.2, -0.15) is 18.4 Å². The molecule has 0 spiro atoms. The van der Waals surface area contributed by atoms with Crippen LogP contribution in [0.4, 0.5) is 27.8 Å². The van der Waals surface area contributed by atoms with Crippen LogP contribution in [-0.4, -0.2) is 45.0 Å². The van der Waals surface area contributed by atoms with Crippen LogP contribution in [0.25, 0.3) is 0 Å². The van der Waals surface area contributed by atoms with E-state index in [1.54, 1.807) is 10.8 Å². The number of ether oxygens (including phenoxy) is 1. The maximum Gasteiger partial charge on any atom is 0.434 e. The lowest BCUT2D eigenvalue weighted by atomic mass is 9.98. The van der Waals surface area contributed by atoms with Crippen LogP contribution < -0.4 is 9.62 Å². The summed E-state index contributed by atoms with van der Waals surface area (Å²) in [6.45, 7) is 0.548. The number of hydrogen-bond acceptors (Lipinski definition) is 8. The third-order valence-electron chi connectivity index (χ3n) is 5.09. The molecule has 192 valence electrons. The Morgan fingerprint density at radius 2 is 1.86 bits per heavy atom. The summed E-state index contributed by atoms with van der Waals surface area (Å²) < 4.78 is 98.7. The number of benzene rings is 1. The summed E-state index contributed by atoms with van der Waals surface area (Å²) in [5.74, 6) is -7.28. The zero-order valence-corrected chi connectivity index (χ0v) is 19.2. The lowest BCUT2D eigenvalue weighted by Crippen LogP contribution is -2.55. The maximum absolute atomic E-state index is 13.7. The Bertz CT molecular complexity index is 1330. The minimum atomic E-state index is -5.07. The number of alkyl halides is 3. The molecule has 0 saturated carbocycles. The summed E-state index contributed by atoms with van der Waals surface area (Å²) >= 11 is 0. The molecule has 1 aliphatic heterocycles. The Morgan fingerprint density at radius 1 is 1.25 bits per heavy atom. The molecule has 15 heteroatoms. The van der Waals surface area contributed by atoms with Gasteiger partial charge in [-0.25, -0.2) is 27.0 Å². The highest BCUT2D eigenvalue weighted by Gasteiger charge is 2.42. The number of carbonyl (C=O) groups is 2. The van der Waals surface area contributed by atoms with Crippen LogP contribution in [0.2, 0.25) is 0 Å². The standard InChI is InChI=1S/C21H17F5N4O5S/c1-2-35-20(32)13-6-11(7-27)18(28-17(13)21(24,25)26)30-8-12(9-30)19(31)29-36(33,34)10-14-15(22)4-3-5-16(14)23/h3-6,12H,2,8-10H2,1H3,(H,29,31). The Kier molecular flexibility index (Phi) is 7.48. The van der Waals surface area contributed by atoms with Crippen molar-refractivity contribution in [1.82, 2.24) is 9.71 Å². The first-order chi connectivity index (χ1) is 16.8. The van der Waals surface area contributed by atoms with Crippen molar-refractivity contribution in [3.63, 3.8) is 0 Å². The number of halogens is 5. The molecule has 0 unspecified atom stereocenters. The van der Waals surface area contributed by atoms with Gasteiger partial charge in [-0.05, 0) is 25.1 Å². The molecule has 2 heterocycles. The van der Waals surface area contributed by atoms with E-state index in [2.05, 4.69) is 9.72 Å². The first-order valence-corrected chi connectivity index (χ1v) is 11.8. The van der Waals surface area contributed by atoms with Gasteiger partial charge in [-0.1, -0.05) is 6.07 Å². The number of amides is 1. The minimum absolute atomic E-state index is 0.213. The van der Waals surface area contributed by atoms with Gasteiger partial charge in [0.15, 0.2) is 5.69 Å². The van der Waals surface area contributed by atoms with E-state index >= 15 is 0 Å². The SMILES string of the molecule is CCOC(=O)c1cc(C#N)c(N2CC(C(=O)NS(=O)(=O)Cc3c(F)cccc3F)C2)nc1C(F)(F)F. The number of esters is 1. The van der Waals surface area contributed by atoms with Crippen molar-refractivity contribution in [2.45, 2.75) is 18.9 Å². The van der Waals surface area contributed by atoms with Crippen molar-refractivity contribution in [3.05, 3.63) is 58.3 Å². The number of rotatable bonds is 7. The molecule has 1 fully saturated rings. The van der Waals surface area contributed by atoms with E-state index in [0.29, 0.717) is 6.07 Å². The average molecular weight is 532 g/mol. The average Bonchev–Trinajstić information content (AvgIpc) is 2.74. The molecule has 0 radical (unpaired) electrons. The fourth-order valence-electron chi connectivity index (χ4n) is 3.36. The number of nitrogens with one attached hydrogen (secondary N) is 1. The first kappa shape index (κ1) is 26.8. The van der Waals surface area contributed by atoms with Gasteiger partial charge in [0, 0.05) is 18.7 Å². The monoisotopic (exact) mass is 532 g/mol. The minimum Gasteiger partial charge on any atom is -0.462 e. The highest BCUT2D eigenvalue weighted by molar-refractivity contribution is 7.89. The third kappa shape index (κ3) is 5.70. The molecule has 1 aromatic carbocycles. The van der Waals surface area contributed by atoms with Crippen molar-refractivity contribution in [2.24, 2.45) is 5.92 Å². The van der Waals surface area contributed by atoms with E-state index in [0.717, 1.165) is 23.1 Å². The summed E-state index contributed by atoms with van der Waals surface area (Å²) in [6.07, 6.45) is -5.07. The first-order valence-electron chi connectivity index (χ1n) is 10.2. The smallest absolute Gasteiger partial charge is 0.434 e. The largest absolute Gasteiger partial charge is 0.462 e. The zero-order chi connectivity index (χ0) is 26.8. The molecule has 1 N–H and O–H groups in total. The van der Waals surface area contributed by atoms with Gasteiger partial charge in [0.05, 0.1) is 23.7 Å². The molecule has 0 atom stereocenters. The zero-order valence-electron chi connectivity index (χ0n) is 18.4. The Balaban J connectivity index is 1.77. The second-order valence-electron chi connectivity index (χ2n) is 7.61. The van der Waals surface area contributed by atoms with E-state index in [4.69, 9.17) is 0 Å². The Morgan fingerprint density at radius 3 is 2.39 bits per heavy atom. The van der Waals surface area contributed by atoms with Gasteiger partial charge in [-0.15, -0.1) is 0 Å². The highest BCUT2D eigenvalue weighted by atomic mass is 32.2. The predicted octanol–water partition coefficient (Wildman–Crippen LogP) is 2.51. The van der Waals surface area contributed by atoms with Gasteiger partial charge in [0.2, 0.25) is 15.9 Å². The van der Waals surface area contributed by atoms with Crippen LogP contribution in [-0.2, 0) is 31.5 Å². The van der Waals surface area contributed by atoms with Gasteiger partial charge in [-0.3, -0.25) is 9.52 Å². The van der Waals surface area contributed by atoms with Crippen LogP contribution in [0.5, 0.6) is 0 Å². The lowest BCUT2D eigenvalue weighted by Gasteiger charge is -2.39. The topological polar surface area (TPSA) is 129 Å². The van der Waals surface area contributed by atoms with Gasteiger partial charge in [0.25, 0.3) is 0 Å². The van der Waals surface area contributed by atoms with Crippen molar-refractivity contribution >= 4 is 27.7 Å².